The molecule has 1 fully saturated rings. The van der Waals surface area contributed by atoms with E-state index < -0.39 is 17.9 Å². The Bertz CT molecular complexity index is 204. The van der Waals surface area contributed by atoms with Gasteiger partial charge in [0.25, 0.3) is 0 Å². The highest BCUT2D eigenvalue weighted by Gasteiger charge is 2.38. The number of carbonyl (C=O) groups excluding carboxylic acids is 2. The molecule has 1 unspecified atom stereocenters. The normalized spacial score (nSPS) is 23.8. The van der Waals surface area contributed by atoms with E-state index in [0.29, 0.717) is 0 Å². The fraction of sp³-hybridized carbons (Fsp3) is 0.714. The smallest absolute Gasteiger partial charge is 0.340 e. The van der Waals surface area contributed by atoms with Gasteiger partial charge in [0, 0.05) is 7.05 Å². The zero-order valence-corrected chi connectivity index (χ0v) is 7.07. The summed E-state index contributed by atoms with van der Waals surface area (Å²) >= 11 is 0. The molecule has 68 valence electrons. The second-order valence-electron chi connectivity index (χ2n) is 2.53. The number of rotatable bonds is 2. The maximum absolute atomic E-state index is 11.1. The average Bonchev–Trinajstić information content (AvgIpc) is 2.30. The summed E-state index contributed by atoms with van der Waals surface area (Å²) < 4.78 is 4.68. The highest BCUT2D eigenvalue weighted by atomic mass is 16.7. The number of hydrogen-bond donors (Lipinski definition) is 0. The third kappa shape index (κ3) is 1.73. The van der Waals surface area contributed by atoms with Crippen LogP contribution in [0.25, 0.3) is 0 Å². The van der Waals surface area contributed by atoms with Gasteiger partial charge >= 0.3 is 11.9 Å². The molecule has 12 heavy (non-hydrogen) atoms. The van der Waals surface area contributed by atoms with Crippen molar-refractivity contribution in [2.75, 3.05) is 20.2 Å². The lowest BCUT2D eigenvalue weighted by molar-refractivity contribution is -0.168. The topological polar surface area (TPSA) is 55.8 Å². The molecule has 0 bridgehead atoms. The van der Waals surface area contributed by atoms with Crippen molar-refractivity contribution in [1.29, 1.82) is 0 Å². The molecule has 0 aromatic rings. The standard InChI is InChI=1S/C7H11NO4/c1-3-11-6(9)5-4-8(2)12-7(5)10/h5H,3-4H2,1-2H3. The Morgan fingerprint density at radius 2 is 2.50 bits per heavy atom. The van der Waals surface area contributed by atoms with E-state index in [0.717, 1.165) is 0 Å². The van der Waals surface area contributed by atoms with Crippen LogP contribution in [0.2, 0.25) is 0 Å². The van der Waals surface area contributed by atoms with Crippen molar-refractivity contribution in [1.82, 2.24) is 5.06 Å². The second kappa shape index (κ2) is 3.53. The summed E-state index contributed by atoms with van der Waals surface area (Å²) in [6.07, 6.45) is 0. The van der Waals surface area contributed by atoms with Crippen molar-refractivity contribution in [3.05, 3.63) is 0 Å². The van der Waals surface area contributed by atoms with Crippen molar-refractivity contribution in [2.24, 2.45) is 5.92 Å². The van der Waals surface area contributed by atoms with E-state index in [4.69, 9.17) is 0 Å². The molecule has 0 N–H and O–H groups in total. The summed E-state index contributed by atoms with van der Waals surface area (Å²) in [7, 11) is 1.59. The van der Waals surface area contributed by atoms with Gasteiger partial charge in [0.2, 0.25) is 0 Å². The summed E-state index contributed by atoms with van der Waals surface area (Å²) in [4.78, 5) is 26.6. The van der Waals surface area contributed by atoms with E-state index in [-0.39, 0.29) is 13.2 Å². The van der Waals surface area contributed by atoms with E-state index in [1.807, 2.05) is 0 Å². The maximum atomic E-state index is 11.1. The number of nitrogens with zero attached hydrogens (tertiary/aromatic N) is 1. The van der Waals surface area contributed by atoms with Crippen LogP contribution in [0.4, 0.5) is 0 Å². The van der Waals surface area contributed by atoms with Gasteiger partial charge in [-0.2, -0.15) is 0 Å². The Morgan fingerprint density at radius 3 is 2.92 bits per heavy atom. The lowest BCUT2D eigenvalue weighted by Gasteiger charge is -2.03. The SMILES string of the molecule is CCOC(=O)C1CN(C)OC1=O. The molecule has 1 saturated heterocycles. The van der Waals surface area contributed by atoms with Gasteiger partial charge in [-0.25, -0.2) is 4.79 Å². The molecule has 1 aliphatic heterocycles. The molecule has 0 radical (unpaired) electrons. The van der Waals surface area contributed by atoms with Crippen molar-refractivity contribution in [2.45, 2.75) is 6.92 Å². The Morgan fingerprint density at radius 1 is 1.83 bits per heavy atom. The van der Waals surface area contributed by atoms with Gasteiger partial charge < -0.3 is 9.57 Å². The van der Waals surface area contributed by atoms with Crippen LogP contribution >= 0.6 is 0 Å². The van der Waals surface area contributed by atoms with Gasteiger partial charge in [0.05, 0.1) is 13.2 Å². The van der Waals surface area contributed by atoms with Crippen LogP contribution in [-0.4, -0.2) is 37.2 Å². The van der Waals surface area contributed by atoms with Gasteiger partial charge in [0.15, 0.2) is 5.92 Å². The van der Waals surface area contributed by atoms with E-state index >= 15 is 0 Å². The van der Waals surface area contributed by atoms with Gasteiger partial charge in [0.1, 0.15) is 0 Å². The Balaban J connectivity index is 2.52. The zero-order chi connectivity index (χ0) is 9.14. The van der Waals surface area contributed by atoms with Crippen LogP contribution in [0.3, 0.4) is 0 Å². The minimum atomic E-state index is -0.769. The quantitative estimate of drug-likeness (QED) is 0.419. The van der Waals surface area contributed by atoms with Gasteiger partial charge in [-0.3, -0.25) is 4.79 Å². The van der Waals surface area contributed by atoms with E-state index in [1.165, 1.54) is 5.06 Å². The van der Waals surface area contributed by atoms with E-state index in [2.05, 4.69) is 9.57 Å². The summed E-state index contributed by atoms with van der Waals surface area (Å²) in [6.45, 7) is 2.26. The van der Waals surface area contributed by atoms with Crippen LogP contribution in [0.5, 0.6) is 0 Å². The molecule has 1 atom stereocenters. The average molecular weight is 173 g/mol. The summed E-state index contributed by atoms with van der Waals surface area (Å²) in [5.41, 5.74) is 0. The third-order valence-corrected chi connectivity index (χ3v) is 1.54. The van der Waals surface area contributed by atoms with Crippen LogP contribution in [-0.2, 0) is 19.2 Å². The Kier molecular flexibility index (Phi) is 2.65. The van der Waals surface area contributed by atoms with Crippen molar-refractivity contribution < 1.29 is 19.2 Å². The predicted octanol–water partition coefficient (Wildman–Crippen LogP) is -0.431. The van der Waals surface area contributed by atoms with Gasteiger partial charge in [-0.1, -0.05) is 0 Å². The highest BCUT2D eigenvalue weighted by molar-refractivity contribution is 5.96. The number of hydroxylamine groups is 2. The monoisotopic (exact) mass is 173 g/mol. The second-order valence-corrected chi connectivity index (χ2v) is 2.53. The molecule has 0 aliphatic carbocycles. The lowest BCUT2D eigenvalue weighted by Crippen LogP contribution is -2.24. The molecule has 5 nitrogen and oxygen atoms in total. The molecule has 0 aromatic heterocycles. The molecule has 1 rings (SSSR count). The molecule has 0 amide bonds. The first-order valence-corrected chi connectivity index (χ1v) is 3.74. The van der Waals surface area contributed by atoms with Crippen molar-refractivity contribution >= 4 is 11.9 Å². The molecule has 1 aliphatic rings. The lowest BCUT2D eigenvalue weighted by atomic mass is 10.1. The largest absolute Gasteiger partial charge is 0.465 e. The number of carbonyl (C=O) groups is 2. The summed E-state index contributed by atoms with van der Waals surface area (Å²) in [6, 6.07) is 0. The molecule has 0 spiro atoms. The van der Waals surface area contributed by atoms with Crippen LogP contribution in [0, 0.1) is 5.92 Å². The number of esters is 1. The molecule has 0 aromatic carbocycles. The summed E-state index contributed by atoms with van der Waals surface area (Å²) in [5.74, 6) is -1.81. The van der Waals surface area contributed by atoms with E-state index in [9.17, 15) is 9.59 Å². The highest BCUT2D eigenvalue weighted by Crippen LogP contribution is 2.13. The van der Waals surface area contributed by atoms with Crippen LogP contribution in [0.1, 0.15) is 6.92 Å². The first-order valence-electron chi connectivity index (χ1n) is 3.74. The van der Waals surface area contributed by atoms with E-state index in [1.54, 1.807) is 14.0 Å². The minimum Gasteiger partial charge on any atom is -0.465 e. The molecular formula is C7H11NO4. The molecule has 0 saturated carbocycles. The summed E-state index contributed by atoms with van der Waals surface area (Å²) in [5, 5.41) is 1.32. The minimum absolute atomic E-state index is 0.275. The van der Waals surface area contributed by atoms with Crippen molar-refractivity contribution in [3.63, 3.8) is 0 Å². The maximum Gasteiger partial charge on any atom is 0.340 e. The fourth-order valence-corrected chi connectivity index (χ4v) is 1.000. The third-order valence-electron chi connectivity index (χ3n) is 1.54. The van der Waals surface area contributed by atoms with Gasteiger partial charge in [-0.05, 0) is 6.92 Å². The first-order chi connectivity index (χ1) is 5.65. The number of hydrogen-bond acceptors (Lipinski definition) is 5. The first kappa shape index (κ1) is 8.99. The molecule has 1 heterocycles. The van der Waals surface area contributed by atoms with Gasteiger partial charge in [-0.15, -0.1) is 5.06 Å². The Labute approximate surface area is 70.2 Å². The fourth-order valence-electron chi connectivity index (χ4n) is 1.000. The molecular weight excluding hydrogens is 162 g/mol. The van der Waals surface area contributed by atoms with Crippen LogP contribution in [0.15, 0.2) is 0 Å². The number of ether oxygens (including phenoxy) is 1. The zero-order valence-electron chi connectivity index (χ0n) is 7.07. The van der Waals surface area contributed by atoms with Crippen molar-refractivity contribution in [3.8, 4) is 0 Å². The molecule has 5 heteroatoms. The van der Waals surface area contributed by atoms with Crippen LogP contribution < -0.4 is 0 Å². The Hall–Kier alpha value is -1.10. The predicted molar refractivity (Wildman–Crippen MR) is 38.8 cm³/mol.